The van der Waals surface area contributed by atoms with Gasteiger partial charge in [-0.15, -0.1) is 0 Å². The summed E-state index contributed by atoms with van der Waals surface area (Å²) in [6.45, 7) is 14.6. The fourth-order valence-corrected chi connectivity index (χ4v) is 1.26. The van der Waals surface area contributed by atoms with Gasteiger partial charge in [-0.25, -0.2) is 0 Å². The van der Waals surface area contributed by atoms with E-state index in [2.05, 4.69) is 45.3 Å². The largest absolute Gasteiger partial charge is 0.377 e. The molecule has 92 valence electrons. The van der Waals surface area contributed by atoms with Crippen LogP contribution in [0.25, 0.3) is 0 Å². The molecular weight excluding hydrogens is 188 g/mol. The zero-order chi connectivity index (χ0) is 11.7. The lowest BCUT2D eigenvalue weighted by Crippen LogP contribution is -2.39. The summed E-state index contributed by atoms with van der Waals surface area (Å²) in [7, 11) is 0. The highest BCUT2D eigenvalue weighted by molar-refractivity contribution is 4.64. The fourth-order valence-electron chi connectivity index (χ4n) is 1.26. The quantitative estimate of drug-likeness (QED) is 0.575. The predicted octanol–water partition coefficient (Wildman–Crippen LogP) is 1.64. The third-order valence-corrected chi connectivity index (χ3v) is 2.05. The number of ether oxygens (including phenoxy) is 1. The second kappa shape index (κ2) is 9.13. The van der Waals surface area contributed by atoms with E-state index >= 15 is 0 Å². The van der Waals surface area contributed by atoms with Gasteiger partial charge in [0, 0.05) is 19.1 Å². The second-order valence-corrected chi connectivity index (χ2v) is 4.83. The van der Waals surface area contributed by atoms with Crippen molar-refractivity contribution in [3.05, 3.63) is 0 Å². The second-order valence-electron chi connectivity index (χ2n) is 4.83. The third-order valence-electron chi connectivity index (χ3n) is 2.05. The SMILES string of the molecule is CC(C)CNCC(C)NCCOC(C)C. The molecule has 0 aliphatic carbocycles. The topological polar surface area (TPSA) is 33.3 Å². The minimum atomic E-state index is 0.334. The molecule has 0 rings (SSSR count). The lowest BCUT2D eigenvalue weighted by atomic mass is 10.2. The number of nitrogens with one attached hydrogen (secondary N) is 2. The summed E-state index contributed by atoms with van der Waals surface area (Å²) in [5.74, 6) is 0.724. The standard InChI is InChI=1S/C12H28N2O/c1-10(2)8-13-9-12(5)14-6-7-15-11(3)4/h10-14H,6-9H2,1-5H3. The molecular formula is C12H28N2O. The van der Waals surface area contributed by atoms with Crippen molar-refractivity contribution in [2.45, 2.75) is 46.8 Å². The monoisotopic (exact) mass is 216 g/mol. The van der Waals surface area contributed by atoms with Crippen LogP contribution in [0.1, 0.15) is 34.6 Å². The molecule has 15 heavy (non-hydrogen) atoms. The van der Waals surface area contributed by atoms with Crippen molar-refractivity contribution >= 4 is 0 Å². The van der Waals surface area contributed by atoms with Crippen LogP contribution >= 0.6 is 0 Å². The van der Waals surface area contributed by atoms with Crippen molar-refractivity contribution in [1.82, 2.24) is 10.6 Å². The molecule has 3 heteroatoms. The van der Waals surface area contributed by atoms with E-state index in [-0.39, 0.29) is 0 Å². The van der Waals surface area contributed by atoms with Gasteiger partial charge in [-0.05, 0) is 33.2 Å². The van der Waals surface area contributed by atoms with Gasteiger partial charge < -0.3 is 15.4 Å². The highest BCUT2D eigenvalue weighted by Crippen LogP contribution is 1.88. The Labute approximate surface area is 95.0 Å². The number of hydrogen-bond donors (Lipinski definition) is 2. The maximum Gasteiger partial charge on any atom is 0.0594 e. The van der Waals surface area contributed by atoms with Gasteiger partial charge in [0.1, 0.15) is 0 Å². The van der Waals surface area contributed by atoms with E-state index < -0.39 is 0 Å². The Morgan fingerprint density at radius 2 is 1.67 bits per heavy atom. The average Bonchev–Trinajstić information content (AvgIpc) is 2.11. The summed E-state index contributed by atoms with van der Waals surface area (Å²) in [6, 6.07) is 0.513. The number of rotatable bonds is 9. The first-order chi connectivity index (χ1) is 7.02. The van der Waals surface area contributed by atoms with E-state index in [4.69, 9.17) is 4.74 Å². The van der Waals surface area contributed by atoms with Crippen LogP contribution in [0.4, 0.5) is 0 Å². The van der Waals surface area contributed by atoms with Gasteiger partial charge in [-0.1, -0.05) is 13.8 Å². The highest BCUT2D eigenvalue weighted by Gasteiger charge is 2.01. The lowest BCUT2D eigenvalue weighted by molar-refractivity contribution is 0.0796. The molecule has 0 amide bonds. The fraction of sp³-hybridized carbons (Fsp3) is 1.00. The van der Waals surface area contributed by atoms with E-state index in [9.17, 15) is 0 Å². The van der Waals surface area contributed by atoms with Crippen LogP contribution in [-0.4, -0.2) is 38.4 Å². The minimum absolute atomic E-state index is 0.334. The van der Waals surface area contributed by atoms with Crippen molar-refractivity contribution in [3.8, 4) is 0 Å². The first-order valence-electron chi connectivity index (χ1n) is 6.08. The molecule has 0 fully saturated rings. The first-order valence-corrected chi connectivity index (χ1v) is 6.08. The summed E-state index contributed by atoms with van der Waals surface area (Å²) in [4.78, 5) is 0. The van der Waals surface area contributed by atoms with Crippen LogP contribution in [0, 0.1) is 5.92 Å². The van der Waals surface area contributed by atoms with Crippen LogP contribution in [-0.2, 0) is 4.74 Å². The molecule has 0 aliphatic heterocycles. The molecule has 2 N–H and O–H groups in total. The van der Waals surface area contributed by atoms with Crippen molar-refractivity contribution < 1.29 is 4.74 Å². The third kappa shape index (κ3) is 11.8. The highest BCUT2D eigenvalue weighted by atomic mass is 16.5. The van der Waals surface area contributed by atoms with Crippen molar-refractivity contribution in [1.29, 1.82) is 0 Å². The van der Waals surface area contributed by atoms with E-state index in [0.717, 1.165) is 32.2 Å². The Kier molecular flexibility index (Phi) is 9.06. The maximum absolute atomic E-state index is 5.45. The first kappa shape index (κ1) is 14.9. The Bertz CT molecular complexity index is 138. The van der Waals surface area contributed by atoms with Crippen LogP contribution in [0.3, 0.4) is 0 Å². The predicted molar refractivity (Wildman–Crippen MR) is 66.3 cm³/mol. The van der Waals surface area contributed by atoms with Gasteiger partial charge in [-0.2, -0.15) is 0 Å². The molecule has 0 spiro atoms. The molecule has 0 saturated carbocycles. The summed E-state index contributed by atoms with van der Waals surface area (Å²) >= 11 is 0. The molecule has 0 heterocycles. The van der Waals surface area contributed by atoms with E-state index in [1.807, 2.05) is 0 Å². The molecule has 0 aliphatic rings. The van der Waals surface area contributed by atoms with Crippen molar-refractivity contribution in [2.24, 2.45) is 5.92 Å². The lowest BCUT2D eigenvalue weighted by Gasteiger charge is -2.16. The van der Waals surface area contributed by atoms with Crippen LogP contribution in [0.2, 0.25) is 0 Å². The molecule has 0 aromatic heterocycles. The van der Waals surface area contributed by atoms with Crippen LogP contribution in [0.15, 0.2) is 0 Å². The van der Waals surface area contributed by atoms with Gasteiger partial charge >= 0.3 is 0 Å². The van der Waals surface area contributed by atoms with Gasteiger partial charge in [0.05, 0.1) is 12.7 Å². The minimum Gasteiger partial charge on any atom is -0.377 e. The molecule has 0 aromatic carbocycles. The van der Waals surface area contributed by atoms with Gasteiger partial charge in [-0.3, -0.25) is 0 Å². The normalized spacial score (nSPS) is 13.8. The van der Waals surface area contributed by atoms with E-state index in [0.29, 0.717) is 12.1 Å². The Morgan fingerprint density at radius 3 is 2.20 bits per heavy atom. The average molecular weight is 216 g/mol. The molecule has 0 aromatic rings. The van der Waals surface area contributed by atoms with Gasteiger partial charge in [0.25, 0.3) is 0 Å². The maximum atomic E-state index is 5.45. The summed E-state index contributed by atoms with van der Waals surface area (Å²) in [6.07, 6.45) is 0.334. The zero-order valence-corrected chi connectivity index (χ0v) is 11.0. The van der Waals surface area contributed by atoms with E-state index in [1.54, 1.807) is 0 Å². The van der Waals surface area contributed by atoms with Crippen molar-refractivity contribution in [3.63, 3.8) is 0 Å². The molecule has 0 radical (unpaired) electrons. The summed E-state index contributed by atoms with van der Waals surface area (Å²) in [5, 5.41) is 6.86. The smallest absolute Gasteiger partial charge is 0.0594 e. The Balaban J connectivity index is 3.22. The Hall–Kier alpha value is -0.120. The summed E-state index contributed by atoms with van der Waals surface area (Å²) < 4.78 is 5.45. The molecule has 1 atom stereocenters. The zero-order valence-electron chi connectivity index (χ0n) is 11.0. The number of hydrogen-bond acceptors (Lipinski definition) is 3. The summed E-state index contributed by atoms with van der Waals surface area (Å²) in [5.41, 5.74) is 0. The van der Waals surface area contributed by atoms with Crippen molar-refractivity contribution in [2.75, 3.05) is 26.2 Å². The van der Waals surface area contributed by atoms with Gasteiger partial charge in [0.15, 0.2) is 0 Å². The van der Waals surface area contributed by atoms with Crippen LogP contribution in [0.5, 0.6) is 0 Å². The molecule has 1 unspecified atom stereocenters. The van der Waals surface area contributed by atoms with E-state index in [1.165, 1.54) is 0 Å². The molecule has 3 nitrogen and oxygen atoms in total. The molecule has 0 saturated heterocycles. The molecule has 0 bridgehead atoms. The van der Waals surface area contributed by atoms with Gasteiger partial charge in [0.2, 0.25) is 0 Å². The van der Waals surface area contributed by atoms with Crippen LogP contribution < -0.4 is 10.6 Å². The Morgan fingerprint density at radius 1 is 1.00 bits per heavy atom.